The number of hydrogen-bond donors (Lipinski definition) is 1. The molecule has 0 aliphatic rings. The third-order valence-electron chi connectivity index (χ3n) is 2.86. The first-order chi connectivity index (χ1) is 8.68. The topological polar surface area (TPSA) is 50.2 Å². The van der Waals surface area contributed by atoms with Crippen molar-refractivity contribution in [2.75, 3.05) is 0 Å². The summed E-state index contributed by atoms with van der Waals surface area (Å²) >= 11 is 3.36. The molecule has 0 atom stereocenters. The number of benzene rings is 1. The van der Waals surface area contributed by atoms with Gasteiger partial charge in [0.2, 0.25) is 0 Å². The molecule has 0 aliphatic heterocycles. The minimum Gasteiger partial charge on any atom is -0.296 e. The molecule has 4 nitrogen and oxygen atoms in total. The van der Waals surface area contributed by atoms with Crippen LogP contribution >= 0.6 is 15.9 Å². The van der Waals surface area contributed by atoms with Crippen LogP contribution in [-0.2, 0) is 0 Å². The highest BCUT2D eigenvalue weighted by molar-refractivity contribution is 9.10. The van der Waals surface area contributed by atoms with Crippen molar-refractivity contribution in [3.63, 3.8) is 0 Å². The Bertz CT molecular complexity index is 774. The first kappa shape index (κ1) is 11.2. The van der Waals surface area contributed by atoms with E-state index in [1.165, 1.54) is 4.52 Å². The summed E-state index contributed by atoms with van der Waals surface area (Å²) in [5.41, 5.74) is 2.76. The molecule has 18 heavy (non-hydrogen) atoms. The standard InChI is InChI=1S/C13H10BrN3O/c1-8-11(9-5-3-2-4-6-9)13(18)17-12(16-8)10(14)7-15-17/h2-7,15H,1H3. The highest BCUT2D eigenvalue weighted by Crippen LogP contribution is 2.21. The lowest BCUT2D eigenvalue weighted by Gasteiger charge is -2.05. The highest BCUT2D eigenvalue weighted by atomic mass is 79.9. The monoisotopic (exact) mass is 303 g/mol. The Kier molecular flexibility index (Phi) is 2.56. The lowest BCUT2D eigenvalue weighted by Crippen LogP contribution is -2.18. The van der Waals surface area contributed by atoms with Crippen molar-refractivity contribution in [2.24, 2.45) is 0 Å². The van der Waals surface area contributed by atoms with Crippen molar-refractivity contribution < 1.29 is 0 Å². The number of rotatable bonds is 1. The molecule has 0 amide bonds. The second-order valence-electron chi connectivity index (χ2n) is 4.02. The van der Waals surface area contributed by atoms with E-state index < -0.39 is 0 Å². The molecule has 0 spiro atoms. The van der Waals surface area contributed by atoms with Gasteiger partial charge in [-0.3, -0.25) is 9.89 Å². The van der Waals surface area contributed by atoms with Gasteiger partial charge >= 0.3 is 0 Å². The summed E-state index contributed by atoms with van der Waals surface area (Å²) in [5, 5.41) is 2.89. The fourth-order valence-corrected chi connectivity index (χ4v) is 2.40. The first-order valence-corrected chi connectivity index (χ1v) is 6.29. The molecule has 0 radical (unpaired) electrons. The van der Waals surface area contributed by atoms with E-state index in [0.717, 1.165) is 15.7 Å². The summed E-state index contributed by atoms with van der Waals surface area (Å²) in [6.07, 6.45) is 1.71. The number of fused-ring (bicyclic) bond motifs is 1. The number of aromatic amines is 1. The van der Waals surface area contributed by atoms with Crippen molar-refractivity contribution in [3.05, 3.63) is 57.0 Å². The van der Waals surface area contributed by atoms with Crippen LogP contribution < -0.4 is 5.56 Å². The maximum atomic E-state index is 12.4. The lowest BCUT2D eigenvalue weighted by molar-refractivity contribution is 0.893. The van der Waals surface area contributed by atoms with Crippen LogP contribution in [0.25, 0.3) is 16.8 Å². The zero-order chi connectivity index (χ0) is 12.7. The SMILES string of the molecule is Cc1nc2c(Br)c[nH]n2c(=O)c1-c1ccccc1. The number of nitrogens with one attached hydrogen (secondary N) is 1. The number of H-pyrrole nitrogens is 1. The maximum absolute atomic E-state index is 12.4. The van der Waals surface area contributed by atoms with E-state index in [0.29, 0.717) is 11.2 Å². The Balaban J connectivity index is 2.41. The van der Waals surface area contributed by atoms with Crippen LogP contribution in [0.2, 0.25) is 0 Å². The van der Waals surface area contributed by atoms with Gasteiger partial charge in [0.15, 0.2) is 5.65 Å². The number of aryl methyl sites for hydroxylation is 1. The van der Waals surface area contributed by atoms with Crippen LogP contribution in [0.1, 0.15) is 5.69 Å². The average Bonchev–Trinajstić information content (AvgIpc) is 2.73. The van der Waals surface area contributed by atoms with Gasteiger partial charge in [0.1, 0.15) is 0 Å². The van der Waals surface area contributed by atoms with Crippen LogP contribution in [0.5, 0.6) is 0 Å². The lowest BCUT2D eigenvalue weighted by atomic mass is 10.1. The largest absolute Gasteiger partial charge is 0.296 e. The molecule has 1 N–H and O–H groups in total. The van der Waals surface area contributed by atoms with Gasteiger partial charge in [-0.05, 0) is 28.4 Å². The molecule has 5 heteroatoms. The average molecular weight is 304 g/mol. The molecule has 3 rings (SSSR count). The van der Waals surface area contributed by atoms with Crippen LogP contribution in [-0.4, -0.2) is 14.6 Å². The normalized spacial score (nSPS) is 11.0. The van der Waals surface area contributed by atoms with Crippen molar-refractivity contribution >= 4 is 21.6 Å². The zero-order valence-electron chi connectivity index (χ0n) is 9.64. The zero-order valence-corrected chi connectivity index (χ0v) is 11.2. The third-order valence-corrected chi connectivity index (χ3v) is 3.44. The summed E-state index contributed by atoms with van der Waals surface area (Å²) in [6.45, 7) is 1.85. The molecule has 0 aliphatic carbocycles. The van der Waals surface area contributed by atoms with Gasteiger partial charge in [-0.1, -0.05) is 30.3 Å². The van der Waals surface area contributed by atoms with Gasteiger partial charge in [0.05, 0.1) is 15.7 Å². The second kappa shape index (κ2) is 4.10. The van der Waals surface area contributed by atoms with Crippen molar-refractivity contribution in [1.82, 2.24) is 14.6 Å². The second-order valence-corrected chi connectivity index (χ2v) is 4.88. The molecule has 0 bridgehead atoms. The Morgan fingerprint density at radius 3 is 2.72 bits per heavy atom. The van der Waals surface area contributed by atoms with Crippen molar-refractivity contribution in [2.45, 2.75) is 6.92 Å². The third kappa shape index (κ3) is 1.59. The Morgan fingerprint density at radius 2 is 2.00 bits per heavy atom. The predicted octanol–water partition coefficient (Wildman–Crippen LogP) is 2.76. The maximum Gasteiger partial charge on any atom is 0.280 e. The van der Waals surface area contributed by atoms with Crippen LogP contribution in [0.4, 0.5) is 0 Å². The fraction of sp³-hybridized carbons (Fsp3) is 0.0769. The molecule has 0 unspecified atom stereocenters. The molecule has 0 saturated carbocycles. The van der Waals surface area contributed by atoms with E-state index in [-0.39, 0.29) is 5.56 Å². The van der Waals surface area contributed by atoms with Crippen molar-refractivity contribution in [1.29, 1.82) is 0 Å². The number of aromatic nitrogens is 3. The number of halogens is 1. The van der Waals surface area contributed by atoms with Gasteiger partial charge in [0, 0.05) is 6.20 Å². The minimum atomic E-state index is -0.0885. The summed E-state index contributed by atoms with van der Waals surface area (Å²) in [6, 6.07) is 9.57. The van der Waals surface area contributed by atoms with E-state index in [1.54, 1.807) is 6.20 Å². The summed E-state index contributed by atoms with van der Waals surface area (Å²) < 4.78 is 2.22. The quantitative estimate of drug-likeness (QED) is 0.751. The molecule has 2 aromatic heterocycles. The predicted molar refractivity (Wildman–Crippen MR) is 73.7 cm³/mol. The van der Waals surface area contributed by atoms with Gasteiger partial charge < -0.3 is 0 Å². The van der Waals surface area contributed by atoms with E-state index in [4.69, 9.17) is 0 Å². The molecule has 0 saturated heterocycles. The van der Waals surface area contributed by atoms with E-state index in [1.807, 2.05) is 37.3 Å². The van der Waals surface area contributed by atoms with E-state index in [2.05, 4.69) is 26.0 Å². The highest BCUT2D eigenvalue weighted by Gasteiger charge is 2.13. The summed E-state index contributed by atoms with van der Waals surface area (Å²) in [5.74, 6) is 0. The summed E-state index contributed by atoms with van der Waals surface area (Å²) in [7, 11) is 0. The minimum absolute atomic E-state index is 0.0885. The van der Waals surface area contributed by atoms with Gasteiger partial charge in [-0.15, -0.1) is 0 Å². The molecule has 1 aromatic carbocycles. The first-order valence-electron chi connectivity index (χ1n) is 5.50. The fourth-order valence-electron chi connectivity index (χ4n) is 2.03. The molecule has 2 heterocycles. The Labute approximate surface area is 111 Å². The summed E-state index contributed by atoms with van der Waals surface area (Å²) in [4.78, 5) is 16.9. The number of hydrogen-bond acceptors (Lipinski definition) is 2. The van der Waals surface area contributed by atoms with Gasteiger partial charge in [0.25, 0.3) is 5.56 Å². The van der Waals surface area contributed by atoms with E-state index >= 15 is 0 Å². The van der Waals surface area contributed by atoms with Crippen LogP contribution in [0.3, 0.4) is 0 Å². The Hall–Kier alpha value is -1.88. The van der Waals surface area contributed by atoms with Gasteiger partial charge in [-0.25, -0.2) is 4.98 Å². The molecule has 3 aromatic rings. The van der Waals surface area contributed by atoms with Crippen molar-refractivity contribution in [3.8, 4) is 11.1 Å². The van der Waals surface area contributed by atoms with Crippen LogP contribution in [0, 0.1) is 6.92 Å². The molecular weight excluding hydrogens is 294 g/mol. The van der Waals surface area contributed by atoms with Gasteiger partial charge in [-0.2, -0.15) is 4.52 Å². The van der Waals surface area contributed by atoms with Crippen LogP contribution in [0.15, 0.2) is 45.8 Å². The molecular formula is C13H10BrN3O. The number of nitrogens with zero attached hydrogens (tertiary/aromatic N) is 2. The van der Waals surface area contributed by atoms with E-state index in [9.17, 15) is 4.79 Å². The molecule has 0 fully saturated rings. The molecule has 90 valence electrons. The smallest absolute Gasteiger partial charge is 0.280 e. The Morgan fingerprint density at radius 1 is 1.28 bits per heavy atom.